The molecule has 26 heavy (non-hydrogen) atoms. The van der Waals surface area contributed by atoms with E-state index in [-0.39, 0.29) is 39.5 Å². The molecule has 0 aliphatic heterocycles. The second-order valence-corrected chi connectivity index (χ2v) is 7.43. The second-order valence-electron chi connectivity index (χ2n) is 7.43. The van der Waals surface area contributed by atoms with Gasteiger partial charge in [0.25, 0.3) is 0 Å². The Labute approximate surface area is 154 Å². The Balaban J connectivity index is 3.68. The van der Waals surface area contributed by atoms with Crippen molar-refractivity contribution in [2.75, 3.05) is 39.5 Å². The van der Waals surface area contributed by atoms with E-state index >= 15 is 0 Å². The number of carbonyl (C=O) groups excluding carboxylic acids is 2. The van der Waals surface area contributed by atoms with Crippen LogP contribution in [0.2, 0.25) is 0 Å². The van der Waals surface area contributed by atoms with Crippen molar-refractivity contribution in [3.63, 3.8) is 0 Å². The number of rotatable bonds is 9. The van der Waals surface area contributed by atoms with Gasteiger partial charge in [0.05, 0.1) is 39.5 Å². The Kier molecular flexibility index (Phi) is 10.5. The van der Waals surface area contributed by atoms with Crippen molar-refractivity contribution >= 4 is 12.2 Å². The summed E-state index contributed by atoms with van der Waals surface area (Å²) in [6.07, 6.45) is -1.69. The van der Waals surface area contributed by atoms with Crippen LogP contribution >= 0.6 is 0 Å². The summed E-state index contributed by atoms with van der Waals surface area (Å²) in [7, 11) is 0. The quantitative estimate of drug-likeness (QED) is 0.355. The minimum Gasteiger partial charge on any atom is -0.442 e. The molecular weight excluding hydrogens is 348 g/mol. The third-order valence-electron chi connectivity index (χ3n) is 2.48. The lowest BCUT2D eigenvalue weighted by Gasteiger charge is -2.23. The average molecular weight is 380 g/mol. The minimum atomic E-state index is -0.845. The number of ether oxygens (including phenoxy) is 4. The Morgan fingerprint density at radius 2 is 1.00 bits per heavy atom. The number of carbonyl (C=O) groups is 2. The molecule has 154 valence electrons. The summed E-state index contributed by atoms with van der Waals surface area (Å²) in [5.74, 6) is 0. The molecule has 0 radical (unpaired) electrons. The van der Waals surface area contributed by atoms with Crippen LogP contribution in [0.25, 0.3) is 0 Å². The molecule has 2 N–H and O–H groups in total. The lowest BCUT2D eigenvalue weighted by atomic mass is 10.2. The fourth-order valence-electron chi connectivity index (χ4n) is 1.44. The lowest BCUT2D eigenvalue weighted by Crippen LogP contribution is -2.37. The summed E-state index contributed by atoms with van der Waals surface area (Å²) in [6, 6.07) is 0. The van der Waals surface area contributed by atoms with E-state index in [0.29, 0.717) is 10.1 Å². The standard InChI is InChI=1S/C16H32N2O8/c1-15(2,3)25-13(19)17(21)7-9-23-11-12-24-10-8-18(22)14(20)26-16(4,5)6/h21-22H,7-12H2,1-6H3. The Bertz CT molecular complexity index is 391. The van der Waals surface area contributed by atoms with Crippen molar-refractivity contribution < 1.29 is 39.0 Å². The summed E-state index contributed by atoms with van der Waals surface area (Å²) in [4.78, 5) is 23.0. The molecule has 0 aromatic rings. The van der Waals surface area contributed by atoms with Gasteiger partial charge in [-0.05, 0) is 41.5 Å². The zero-order valence-corrected chi connectivity index (χ0v) is 16.5. The van der Waals surface area contributed by atoms with Crippen LogP contribution < -0.4 is 0 Å². The monoisotopic (exact) mass is 380 g/mol. The minimum absolute atomic E-state index is 0.0437. The molecule has 0 aliphatic rings. The van der Waals surface area contributed by atoms with E-state index in [9.17, 15) is 20.0 Å². The van der Waals surface area contributed by atoms with Gasteiger partial charge in [-0.15, -0.1) is 0 Å². The van der Waals surface area contributed by atoms with Crippen LogP contribution in [0.1, 0.15) is 41.5 Å². The summed E-state index contributed by atoms with van der Waals surface area (Å²) >= 11 is 0. The summed E-state index contributed by atoms with van der Waals surface area (Å²) < 4.78 is 20.3. The predicted molar refractivity (Wildman–Crippen MR) is 91.1 cm³/mol. The highest BCUT2D eigenvalue weighted by atomic mass is 16.6. The maximum absolute atomic E-state index is 11.5. The molecular formula is C16H32N2O8. The first-order valence-corrected chi connectivity index (χ1v) is 8.36. The first-order valence-electron chi connectivity index (χ1n) is 8.36. The third kappa shape index (κ3) is 13.6. The Morgan fingerprint density at radius 3 is 1.27 bits per heavy atom. The molecule has 0 fully saturated rings. The summed E-state index contributed by atoms with van der Waals surface area (Å²) in [5.41, 5.74) is -1.38. The van der Waals surface area contributed by atoms with Crippen LogP contribution in [0.3, 0.4) is 0 Å². The normalized spacial score (nSPS) is 11.8. The van der Waals surface area contributed by atoms with E-state index in [2.05, 4.69) is 0 Å². The van der Waals surface area contributed by atoms with Gasteiger partial charge in [0.2, 0.25) is 0 Å². The summed E-state index contributed by atoms with van der Waals surface area (Å²) in [5, 5.41) is 19.9. The van der Waals surface area contributed by atoms with Crippen molar-refractivity contribution in [1.82, 2.24) is 10.1 Å². The predicted octanol–water partition coefficient (Wildman–Crippen LogP) is 2.27. The van der Waals surface area contributed by atoms with Crippen LogP contribution in [-0.2, 0) is 18.9 Å². The van der Waals surface area contributed by atoms with E-state index in [4.69, 9.17) is 18.9 Å². The molecule has 10 nitrogen and oxygen atoms in total. The highest BCUT2D eigenvalue weighted by Crippen LogP contribution is 2.09. The van der Waals surface area contributed by atoms with Gasteiger partial charge in [-0.2, -0.15) is 10.1 Å². The highest BCUT2D eigenvalue weighted by Gasteiger charge is 2.21. The fourth-order valence-corrected chi connectivity index (χ4v) is 1.44. The Morgan fingerprint density at radius 1 is 0.692 bits per heavy atom. The number of amides is 2. The topological polar surface area (TPSA) is 118 Å². The van der Waals surface area contributed by atoms with Crippen LogP contribution in [0.4, 0.5) is 9.59 Å². The van der Waals surface area contributed by atoms with E-state index in [1.54, 1.807) is 41.5 Å². The average Bonchev–Trinajstić information content (AvgIpc) is 2.45. The first-order chi connectivity index (χ1) is 11.8. The molecule has 0 aromatic heterocycles. The lowest BCUT2D eigenvalue weighted by molar-refractivity contribution is -0.109. The number of nitrogens with zero attached hydrogens (tertiary/aromatic N) is 2. The van der Waals surface area contributed by atoms with Gasteiger partial charge in [-0.1, -0.05) is 0 Å². The first kappa shape index (κ1) is 24.4. The number of hydroxylamine groups is 4. The smallest absolute Gasteiger partial charge is 0.434 e. The van der Waals surface area contributed by atoms with Crippen molar-refractivity contribution in [3.8, 4) is 0 Å². The molecule has 0 spiro atoms. The van der Waals surface area contributed by atoms with Crippen molar-refractivity contribution in [3.05, 3.63) is 0 Å². The Hall–Kier alpha value is -1.62. The molecule has 2 amide bonds. The maximum atomic E-state index is 11.5. The van der Waals surface area contributed by atoms with Crippen LogP contribution in [-0.4, -0.2) is 83.4 Å². The second kappa shape index (κ2) is 11.2. The van der Waals surface area contributed by atoms with E-state index < -0.39 is 23.4 Å². The molecule has 0 unspecified atom stereocenters. The largest absolute Gasteiger partial charge is 0.442 e. The van der Waals surface area contributed by atoms with E-state index in [0.717, 1.165) is 0 Å². The van der Waals surface area contributed by atoms with Gasteiger partial charge in [0, 0.05) is 0 Å². The summed E-state index contributed by atoms with van der Waals surface area (Å²) in [6.45, 7) is 10.7. The molecule has 0 saturated carbocycles. The van der Waals surface area contributed by atoms with Gasteiger partial charge in [-0.25, -0.2) is 9.59 Å². The SMILES string of the molecule is CC(C)(C)OC(=O)N(O)CCOCCOCCN(O)C(=O)OC(C)(C)C. The van der Waals surface area contributed by atoms with Crippen LogP contribution in [0, 0.1) is 0 Å². The molecule has 10 heteroatoms. The van der Waals surface area contributed by atoms with Crippen molar-refractivity contribution in [1.29, 1.82) is 0 Å². The van der Waals surface area contributed by atoms with Gasteiger partial charge in [0.15, 0.2) is 0 Å². The maximum Gasteiger partial charge on any atom is 0.434 e. The molecule has 0 atom stereocenters. The van der Waals surface area contributed by atoms with E-state index in [1.165, 1.54) is 0 Å². The van der Waals surface area contributed by atoms with Crippen LogP contribution in [0.5, 0.6) is 0 Å². The number of hydrogen-bond acceptors (Lipinski definition) is 8. The van der Waals surface area contributed by atoms with Gasteiger partial charge in [-0.3, -0.25) is 10.4 Å². The molecule has 0 heterocycles. The highest BCUT2D eigenvalue weighted by molar-refractivity contribution is 5.66. The molecule has 0 aliphatic carbocycles. The third-order valence-corrected chi connectivity index (χ3v) is 2.48. The molecule has 0 saturated heterocycles. The zero-order valence-electron chi connectivity index (χ0n) is 16.5. The van der Waals surface area contributed by atoms with Crippen LogP contribution in [0.15, 0.2) is 0 Å². The van der Waals surface area contributed by atoms with E-state index in [1.807, 2.05) is 0 Å². The molecule has 0 aromatic carbocycles. The van der Waals surface area contributed by atoms with Gasteiger partial charge >= 0.3 is 12.2 Å². The van der Waals surface area contributed by atoms with Gasteiger partial charge in [0.1, 0.15) is 11.2 Å². The molecule has 0 bridgehead atoms. The zero-order chi connectivity index (χ0) is 20.4. The van der Waals surface area contributed by atoms with Crippen molar-refractivity contribution in [2.24, 2.45) is 0 Å². The fraction of sp³-hybridized carbons (Fsp3) is 0.875. The molecule has 0 rings (SSSR count). The van der Waals surface area contributed by atoms with Gasteiger partial charge < -0.3 is 18.9 Å². The van der Waals surface area contributed by atoms with Crippen molar-refractivity contribution in [2.45, 2.75) is 52.7 Å². The number of hydrogen-bond donors (Lipinski definition) is 2.